The fraction of sp³-hybridized carbons (Fsp3) is 0.462. The second kappa shape index (κ2) is 6.71. The number of sulfonamides is 1. The van der Waals surface area contributed by atoms with Gasteiger partial charge in [-0.05, 0) is 38.6 Å². The summed E-state index contributed by atoms with van der Waals surface area (Å²) in [6.07, 6.45) is 1.87. The second-order valence-corrected chi connectivity index (χ2v) is 6.44. The summed E-state index contributed by atoms with van der Waals surface area (Å²) in [5.41, 5.74) is 0.373. The van der Waals surface area contributed by atoms with Gasteiger partial charge < -0.3 is 10.4 Å². The van der Waals surface area contributed by atoms with Crippen LogP contribution in [0.15, 0.2) is 23.1 Å². The van der Waals surface area contributed by atoms with Gasteiger partial charge in [0.15, 0.2) is 0 Å². The third kappa shape index (κ3) is 3.94. The molecule has 0 amide bonds. The molecule has 1 unspecified atom stereocenters. The zero-order valence-corrected chi connectivity index (χ0v) is 12.6. The maximum Gasteiger partial charge on any atom is 0.337 e. The van der Waals surface area contributed by atoms with E-state index in [1.165, 1.54) is 19.2 Å². The average molecular weight is 300 g/mol. The smallest absolute Gasteiger partial charge is 0.337 e. The van der Waals surface area contributed by atoms with Crippen molar-refractivity contribution in [2.45, 2.75) is 37.6 Å². The standard InChI is InChI=1S/C13H20N2O4S/c1-4-5-9(2)15-12-7-6-10(20(18,19)14-3)8-11(12)13(16)17/h6-9,14-15H,4-5H2,1-3H3,(H,16,17). The van der Waals surface area contributed by atoms with Crippen LogP contribution in [-0.4, -0.2) is 32.6 Å². The Hall–Kier alpha value is -1.60. The third-order valence-electron chi connectivity index (χ3n) is 2.92. The van der Waals surface area contributed by atoms with Gasteiger partial charge in [0, 0.05) is 11.7 Å². The lowest BCUT2D eigenvalue weighted by Crippen LogP contribution is -2.20. The van der Waals surface area contributed by atoms with Crippen LogP contribution >= 0.6 is 0 Å². The molecule has 1 aromatic rings. The van der Waals surface area contributed by atoms with E-state index in [-0.39, 0.29) is 16.5 Å². The molecular formula is C13H20N2O4S. The Morgan fingerprint density at radius 1 is 1.40 bits per heavy atom. The van der Waals surface area contributed by atoms with Gasteiger partial charge in [0.2, 0.25) is 10.0 Å². The molecule has 0 aliphatic rings. The number of carboxylic acid groups (broad SMARTS) is 1. The lowest BCUT2D eigenvalue weighted by molar-refractivity contribution is 0.0697. The molecule has 0 aliphatic carbocycles. The van der Waals surface area contributed by atoms with Crippen molar-refractivity contribution >= 4 is 21.7 Å². The first-order valence-corrected chi connectivity index (χ1v) is 7.87. The first-order valence-electron chi connectivity index (χ1n) is 6.39. The van der Waals surface area contributed by atoms with Crippen LogP contribution in [0.3, 0.4) is 0 Å². The maximum absolute atomic E-state index is 11.7. The van der Waals surface area contributed by atoms with Gasteiger partial charge in [-0.1, -0.05) is 13.3 Å². The summed E-state index contributed by atoms with van der Waals surface area (Å²) in [7, 11) is -2.37. The topological polar surface area (TPSA) is 95.5 Å². The normalized spacial score (nSPS) is 12.9. The predicted molar refractivity (Wildman–Crippen MR) is 77.6 cm³/mol. The molecule has 0 aromatic heterocycles. The van der Waals surface area contributed by atoms with Crippen molar-refractivity contribution in [2.24, 2.45) is 0 Å². The molecule has 112 valence electrons. The largest absolute Gasteiger partial charge is 0.478 e. The summed E-state index contributed by atoms with van der Waals surface area (Å²) in [5.74, 6) is -1.16. The number of benzene rings is 1. The van der Waals surface area contributed by atoms with Crippen LogP contribution in [0.2, 0.25) is 0 Å². The molecule has 0 saturated heterocycles. The molecule has 0 fully saturated rings. The zero-order valence-electron chi connectivity index (χ0n) is 11.8. The van der Waals surface area contributed by atoms with Crippen LogP contribution < -0.4 is 10.0 Å². The molecule has 0 saturated carbocycles. The fourth-order valence-corrected chi connectivity index (χ4v) is 2.64. The van der Waals surface area contributed by atoms with Crippen molar-refractivity contribution < 1.29 is 18.3 Å². The highest BCUT2D eigenvalue weighted by atomic mass is 32.2. The van der Waals surface area contributed by atoms with Gasteiger partial charge in [-0.15, -0.1) is 0 Å². The quantitative estimate of drug-likeness (QED) is 0.714. The Morgan fingerprint density at radius 3 is 2.55 bits per heavy atom. The Balaban J connectivity index is 3.18. The van der Waals surface area contributed by atoms with E-state index in [1.54, 1.807) is 0 Å². The van der Waals surface area contributed by atoms with Gasteiger partial charge in [0.25, 0.3) is 0 Å². The van der Waals surface area contributed by atoms with E-state index in [0.717, 1.165) is 18.9 Å². The number of anilines is 1. The molecule has 0 aliphatic heterocycles. The minimum absolute atomic E-state index is 0.0516. The summed E-state index contributed by atoms with van der Waals surface area (Å²) in [5, 5.41) is 12.3. The summed E-state index contributed by atoms with van der Waals surface area (Å²) in [4.78, 5) is 11.2. The summed E-state index contributed by atoms with van der Waals surface area (Å²) in [6.45, 7) is 3.99. The average Bonchev–Trinajstić information content (AvgIpc) is 2.38. The number of hydrogen-bond acceptors (Lipinski definition) is 4. The highest BCUT2D eigenvalue weighted by molar-refractivity contribution is 7.89. The number of rotatable bonds is 7. The Labute approximate surface area is 119 Å². The Kier molecular flexibility index (Phi) is 5.52. The third-order valence-corrected chi connectivity index (χ3v) is 4.34. The van der Waals surface area contributed by atoms with Crippen LogP contribution in [0, 0.1) is 0 Å². The van der Waals surface area contributed by atoms with Crippen molar-refractivity contribution in [3.8, 4) is 0 Å². The summed E-state index contributed by atoms with van der Waals surface area (Å²) >= 11 is 0. The van der Waals surface area contributed by atoms with E-state index in [1.807, 2.05) is 13.8 Å². The van der Waals surface area contributed by atoms with Crippen molar-refractivity contribution in [2.75, 3.05) is 12.4 Å². The predicted octanol–water partition coefficient (Wildman–Crippen LogP) is 1.89. The molecule has 3 N–H and O–H groups in total. The SMILES string of the molecule is CCCC(C)Nc1ccc(S(=O)(=O)NC)cc1C(=O)O. The van der Waals surface area contributed by atoms with Gasteiger partial charge >= 0.3 is 5.97 Å². The van der Waals surface area contributed by atoms with Gasteiger partial charge in [-0.25, -0.2) is 17.9 Å². The molecule has 1 atom stereocenters. The van der Waals surface area contributed by atoms with Gasteiger partial charge in [-0.2, -0.15) is 0 Å². The van der Waals surface area contributed by atoms with E-state index in [9.17, 15) is 18.3 Å². The van der Waals surface area contributed by atoms with E-state index in [4.69, 9.17) is 0 Å². The number of carbonyl (C=O) groups is 1. The number of carboxylic acids is 1. The lowest BCUT2D eigenvalue weighted by Gasteiger charge is -2.17. The molecule has 6 nitrogen and oxygen atoms in total. The van der Waals surface area contributed by atoms with Gasteiger partial charge in [-0.3, -0.25) is 0 Å². The van der Waals surface area contributed by atoms with Gasteiger partial charge in [0.05, 0.1) is 10.5 Å². The molecule has 0 heterocycles. The van der Waals surface area contributed by atoms with Crippen LogP contribution in [0.4, 0.5) is 5.69 Å². The van der Waals surface area contributed by atoms with Crippen molar-refractivity contribution in [3.63, 3.8) is 0 Å². The highest BCUT2D eigenvalue weighted by Gasteiger charge is 2.18. The minimum atomic E-state index is -3.65. The van der Waals surface area contributed by atoms with E-state index < -0.39 is 16.0 Å². The number of aromatic carboxylic acids is 1. The Morgan fingerprint density at radius 2 is 2.05 bits per heavy atom. The van der Waals surface area contributed by atoms with Crippen LogP contribution in [0.5, 0.6) is 0 Å². The molecular weight excluding hydrogens is 280 g/mol. The molecule has 0 spiro atoms. The molecule has 20 heavy (non-hydrogen) atoms. The van der Waals surface area contributed by atoms with E-state index >= 15 is 0 Å². The highest BCUT2D eigenvalue weighted by Crippen LogP contribution is 2.22. The van der Waals surface area contributed by atoms with E-state index in [0.29, 0.717) is 5.69 Å². The molecule has 1 rings (SSSR count). The first-order chi connectivity index (χ1) is 9.31. The van der Waals surface area contributed by atoms with Crippen LogP contribution in [0.25, 0.3) is 0 Å². The lowest BCUT2D eigenvalue weighted by atomic mass is 10.1. The summed E-state index contributed by atoms with van der Waals surface area (Å²) in [6, 6.07) is 4.15. The monoisotopic (exact) mass is 300 g/mol. The van der Waals surface area contributed by atoms with E-state index in [2.05, 4.69) is 10.0 Å². The van der Waals surface area contributed by atoms with Crippen molar-refractivity contribution in [1.82, 2.24) is 4.72 Å². The Bertz CT molecular complexity index is 584. The van der Waals surface area contributed by atoms with Crippen LogP contribution in [-0.2, 0) is 10.0 Å². The van der Waals surface area contributed by atoms with Gasteiger partial charge in [0.1, 0.15) is 0 Å². The molecule has 0 radical (unpaired) electrons. The first kappa shape index (κ1) is 16.5. The van der Waals surface area contributed by atoms with Crippen molar-refractivity contribution in [1.29, 1.82) is 0 Å². The maximum atomic E-state index is 11.7. The second-order valence-electron chi connectivity index (χ2n) is 4.55. The zero-order chi connectivity index (χ0) is 15.3. The minimum Gasteiger partial charge on any atom is -0.478 e. The van der Waals surface area contributed by atoms with Crippen molar-refractivity contribution in [3.05, 3.63) is 23.8 Å². The molecule has 1 aromatic carbocycles. The fourth-order valence-electron chi connectivity index (χ4n) is 1.88. The summed E-state index contributed by atoms with van der Waals surface area (Å²) < 4.78 is 25.5. The number of hydrogen-bond donors (Lipinski definition) is 3. The molecule has 0 bridgehead atoms. The van der Waals surface area contributed by atoms with Crippen LogP contribution in [0.1, 0.15) is 37.0 Å². The number of nitrogens with one attached hydrogen (secondary N) is 2. The molecule has 7 heteroatoms.